The van der Waals surface area contributed by atoms with Crippen LogP contribution in [-0.4, -0.2) is 28.8 Å². The fourth-order valence-corrected chi connectivity index (χ4v) is 2.80. The van der Waals surface area contributed by atoms with Gasteiger partial charge in [0.2, 0.25) is 11.8 Å². The zero-order valence-electron chi connectivity index (χ0n) is 12.4. The number of amides is 2. The number of piperazine rings is 1. The van der Waals surface area contributed by atoms with Gasteiger partial charge in [-0.05, 0) is 25.3 Å². The van der Waals surface area contributed by atoms with Crippen molar-refractivity contribution in [2.45, 2.75) is 45.7 Å². The first-order valence-corrected chi connectivity index (χ1v) is 7.16. The van der Waals surface area contributed by atoms with E-state index >= 15 is 0 Å². The fourth-order valence-electron chi connectivity index (χ4n) is 2.80. The number of aryl methyl sites for hydroxylation is 1. The predicted molar refractivity (Wildman–Crippen MR) is 78.1 cm³/mol. The molecule has 0 unspecified atom stereocenters. The highest BCUT2D eigenvalue weighted by molar-refractivity contribution is 5.97. The molecule has 1 saturated heterocycles. The molecule has 0 saturated carbocycles. The third-order valence-electron chi connectivity index (χ3n) is 4.07. The average molecular weight is 274 g/mol. The molecule has 0 bridgehead atoms. The lowest BCUT2D eigenvalue weighted by Crippen LogP contribution is -2.65. The summed E-state index contributed by atoms with van der Waals surface area (Å²) in [6.07, 6.45) is 1.25. The van der Waals surface area contributed by atoms with Crippen LogP contribution in [-0.2, 0) is 16.1 Å². The maximum atomic E-state index is 12.7. The predicted octanol–water partition coefficient (Wildman–Crippen LogP) is 2.01. The van der Waals surface area contributed by atoms with Crippen LogP contribution in [0.25, 0.3) is 0 Å². The molecule has 1 N–H and O–H groups in total. The third kappa shape index (κ3) is 2.69. The van der Waals surface area contributed by atoms with Crippen LogP contribution >= 0.6 is 0 Å². The Bertz CT molecular complexity index is 521. The van der Waals surface area contributed by atoms with E-state index in [4.69, 9.17) is 0 Å². The van der Waals surface area contributed by atoms with E-state index in [1.165, 1.54) is 0 Å². The number of hydrogen-bond donors (Lipinski definition) is 1. The van der Waals surface area contributed by atoms with E-state index in [1.807, 2.05) is 39.0 Å². The molecule has 1 aromatic carbocycles. The normalized spacial score (nSPS) is 18.1. The summed E-state index contributed by atoms with van der Waals surface area (Å²) in [5, 5.41) is 2.88. The summed E-state index contributed by atoms with van der Waals surface area (Å²) in [5.41, 5.74) is 1.50. The molecular weight excluding hydrogens is 252 g/mol. The summed E-state index contributed by atoms with van der Waals surface area (Å²) in [5.74, 6) is -0.0374. The Hall–Kier alpha value is -1.84. The van der Waals surface area contributed by atoms with Crippen molar-refractivity contribution in [1.29, 1.82) is 0 Å². The first kappa shape index (κ1) is 14.6. The van der Waals surface area contributed by atoms with Gasteiger partial charge in [0.15, 0.2) is 0 Å². The molecule has 1 aromatic rings. The van der Waals surface area contributed by atoms with Gasteiger partial charge in [0, 0.05) is 6.54 Å². The van der Waals surface area contributed by atoms with Crippen molar-refractivity contribution in [3.05, 3.63) is 35.4 Å². The van der Waals surface area contributed by atoms with Gasteiger partial charge in [-0.15, -0.1) is 0 Å². The highest BCUT2D eigenvalue weighted by Crippen LogP contribution is 2.23. The summed E-state index contributed by atoms with van der Waals surface area (Å²) in [7, 11) is 0. The number of benzene rings is 1. The summed E-state index contributed by atoms with van der Waals surface area (Å²) < 4.78 is 0. The maximum Gasteiger partial charge on any atom is 0.249 e. The maximum absolute atomic E-state index is 12.7. The molecular formula is C16H22N2O2. The first-order valence-electron chi connectivity index (χ1n) is 7.16. The molecule has 1 aliphatic heterocycles. The molecule has 4 nitrogen and oxygen atoms in total. The van der Waals surface area contributed by atoms with Gasteiger partial charge in [0.25, 0.3) is 0 Å². The molecule has 108 valence electrons. The number of rotatable bonds is 4. The third-order valence-corrected chi connectivity index (χ3v) is 4.07. The minimum Gasteiger partial charge on any atom is -0.340 e. The van der Waals surface area contributed by atoms with E-state index < -0.39 is 5.54 Å². The number of hydrogen-bond acceptors (Lipinski definition) is 2. The van der Waals surface area contributed by atoms with Crippen LogP contribution in [0.4, 0.5) is 0 Å². The quantitative estimate of drug-likeness (QED) is 0.913. The minimum absolute atomic E-state index is 0.0311. The van der Waals surface area contributed by atoms with Crippen molar-refractivity contribution in [3.63, 3.8) is 0 Å². The molecule has 4 heteroatoms. The van der Waals surface area contributed by atoms with Crippen molar-refractivity contribution in [2.75, 3.05) is 6.54 Å². The van der Waals surface area contributed by atoms with Crippen molar-refractivity contribution in [1.82, 2.24) is 10.2 Å². The van der Waals surface area contributed by atoms with Crippen LogP contribution in [0.1, 0.15) is 37.8 Å². The second-order valence-corrected chi connectivity index (χ2v) is 5.49. The first-order chi connectivity index (χ1) is 9.50. The van der Waals surface area contributed by atoms with E-state index in [0.29, 0.717) is 19.4 Å². The molecule has 1 heterocycles. The molecule has 1 fully saturated rings. The SMILES string of the molecule is CCC1(CC)NC(=O)CN(Cc2cccc(C)c2)C1=O. The molecule has 0 radical (unpaired) electrons. The van der Waals surface area contributed by atoms with E-state index in [0.717, 1.165) is 11.1 Å². The second kappa shape index (κ2) is 5.65. The largest absolute Gasteiger partial charge is 0.340 e. The molecule has 0 aliphatic carbocycles. The van der Waals surface area contributed by atoms with Crippen LogP contribution in [0.2, 0.25) is 0 Å². The van der Waals surface area contributed by atoms with Crippen molar-refractivity contribution in [3.8, 4) is 0 Å². The fraction of sp³-hybridized carbons (Fsp3) is 0.500. The Balaban J connectivity index is 2.22. The second-order valence-electron chi connectivity index (χ2n) is 5.49. The van der Waals surface area contributed by atoms with Crippen LogP contribution in [0.15, 0.2) is 24.3 Å². The van der Waals surface area contributed by atoms with E-state index in [1.54, 1.807) is 4.90 Å². The molecule has 1 aliphatic rings. The summed E-state index contributed by atoms with van der Waals surface area (Å²) in [4.78, 5) is 26.2. The summed E-state index contributed by atoms with van der Waals surface area (Å²) >= 11 is 0. The van der Waals surface area contributed by atoms with E-state index in [2.05, 4.69) is 11.4 Å². The lowest BCUT2D eigenvalue weighted by Gasteiger charge is -2.41. The number of nitrogens with one attached hydrogen (secondary N) is 1. The highest BCUT2D eigenvalue weighted by atomic mass is 16.2. The standard InChI is InChI=1S/C16H22N2O2/c1-4-16(5-2)15(20)18(11-14(19)17-16)10-13-8-6-7-12(3)9-13/h6-9H,4-5,10-11H2,1-3H3,(H,17,19). The zero-order valence-corrected chi connectivity index (χ0v) is 12.4. The van der Waals surface area contributed by atoms with Gasteiger partial charge in [-0.2, -0.15) is 0 Å². The summed E-state index contributed by atoms with van der Waals surface area (Å²) in [6.45, 7) is 6.55. The van der Waals surface area contributed by atoms with Crippen LogP contribution < -0.4 is 5.32 Å². The molecule has 0 atom stereocenters. The number of nitrogens with zero attached hydrogens (tertiary/aromatic N) is 1. The molecule has 20 heavy (non-hydrogen) atoms. The topological polar surface area (TPSA) is 49.4 Å². The monoisotopic (exact) mass is 274 g/mol. The zero-order chi connectivity index (χ0) is 14.8. The van der Waals surface area contributed by atoms with Crippen LogP contribution in [0.5, 0.6) is 0 Å². The number of carbonyl (C=O) groups is 2. The van der Waals surface area contributed by atoms with Gasteiger partial charge in [0.05, 0.1) is 6.54 Å². The lowest BCUT2D eigenvalue weighted by atomic mass is 9.88. The molecule has 0 spiro atoms. The van der Waals surface area contributed by atoms with Gasteiger partial charge < -0.3 is 10.2 Å². The van der Waals surface area contributed by atoms with Gasteiger partial charge in [0.1, 0.15) is 5.54 Å². The number of carbonyl (C=O) groups excluding carboxylic acids is 2. The Kier molecular flexibility index (Phi) is 4.12. The van der Waals surface area contributed by atoms with Crippen LogP contribution in [0.3, 0.4) is 0 Å². The van der Waals surface area contributed by atoms with Crippen molar-refractivity contribution >= 4 is 11.8 Å². The Morgan fingerprint density at radius 2 is 1.95 bits per heavy atom. The van der Waals surface area contributed by atoms with E-state index in [9.17, 15) is 9.59 Å². The molecule has 0 aromatic heterocycles. The van der Waals surface area contributed by atoms with Gasteiger partial charge in [-0.25, -0.2) is 0 Å². The molecule has 2 amide bonds. The van der Waals surface area contributed by atoms with Gasteiger partial charge >= 0.3 is 0 Å². The van der Waals surface area contributed by atoms with Crippen molar-refractivity contribution in [2.24, 2.45) is 0 Å². The average Bonchev–Trinajstić information content (AvgIpc) is 2.42. The van der Waals surface area contributed by atoms with Gasteiger partial charge in [-0.3, -0.25) is 9.59 Å². The summed E-state index contributed by atoms with van der Waals surface area (Å²) in [6, 6.07) is 8.05. The molecule has 2 rings (SSSR count). The van der Waals surface area contributed by atoms with Crippen molar-refractivity contribution < 1.29 is 9.59 Å². The van der Waals surface area contributed by atoms with E-state index in [-0.39, 0.29) is 18.4 Å². The lowest BCUT2D eigenvalue weighted by molar-refractivity contribution is -0.151. The van der Waals surface area contributed by atoms with Gasteiger partial charge in [-0.1, -0.05) is 43.7 Å². The Morgan fingerprint density at radius 1 is 1.25 bits per heavy atom. The Morgan fingerprint density at radius 3 is 2.55 bits per heavy atom. The Labute approximate surface area is 120 Å². The minimum atomic E-state index is -0.723. The smallest absolute Gasteiger partial charge is 0.249 e. The highest BCUT2D eigenvalue weighted by Gasteiger charge is 2.43. The van der Waals surface area contributed by atoms with Crippen LogP contribution in [0, 0.1) is 6.92 Å².